The lowest BCUT2D eigenvalue weighted by Gasteiger charge is -2.30. The number of hydrogen-bond acceptors (Lipinski definition) is 8. The summed E-state index contributed by atoms with van der Waals surface area (Å²) in [7, 11) is 5.75. The number of halogens is 1. The molecule has 10 heteroatoms. The van der Waals surface area contributed by atoms with Crippen LogP contribution in [0.5, 0.6) is 5.75 Å². The standard InChI is InChI=1S/C25H31ClN8O/c1-15-5-6-18-17(14-29-32-18)20(15)16-13-19-21(23(35-4)22(16)26)24(34-11-7-27-8-12-34)31-25(30-19)28-9-10-33(2)3/h5-6,13-14,27H,7-12H2,1-4H3,(H,29,32)(H,28,30,31). The Bertz CT molecular complexity index is 1360. The number of hydrogen-bond donors (Lipinski definition) is 3. The monoisotopic (exact) mass is 494 g/mol. The lowest BCUT2D eigenvalue weighted by Crippen LogP contribution is -2.44. The highest BCUT2D eigenvalue weighted by Crippen LogP contribution is 2.46. The molecule has 0 amide bonds. The van der Waals surface area contributed by atoms with E-state index < -0.39 is 0 Å². The van der Waals surface area contributed by atoms with E-state index in [1.54, 1.807) is 7.11 Å². The first-order valence-electron chi connectivity index (χ1n) is 11.8. The zero-order valence-corrected chi connectivity index (χ0v) is 21.3. The second kappa shape index (κ2) is 9.85. The normalized spacial score (nSPS) is 14.3. The molecule has 0 radical (unpaired) electrons. The maximum Gasteiger partial charge on any atom is 0.225 e. The van der Waals surface area contributed by atoms with E-state index in [0.29, 0.717) is 16.7 Å². The van der Waals surface area contributed by atoms with Crippen LogP contribution in [-0.4, -0.2) is 85.5 Å². The zero-order chi connectivity index (χ0) is 24.5. The molecule has 0 atom stereocenters. The molecule has 0 saturated carbocycles. The molecule has 2 aromatic carbocycles. The molecule has 1 saturated heterocycles. The molecular weight excluding hydrogens is 464 g/mol. The highest BCUT2D eigenvalue weighted by Gasteiger charge is 2.25. The fourth-order valence-electron chi connectivity index (χ4n) is 4.65. The van der Waals surface area contributed by atoms with Gasteiger partial charge in [-0.2, -0.15) is 10.1 Å². The Balaban J connectivity index is 1.74. The predicted octanol–water partition coefficient (Wildman–Crippen LogP) is 3.53. The van der Waals surface area contributed by atoms with Gasteiger partial charge in [0.25, 0.3) is 0 Å². The van der Waals surface area contributed by atoms with E-state index in [0.717, 1.165) is 83.6 Å². The number of nitrogens with one attached hydrogen (secondary N) is 3. The highest BCUT2D eigenvalue weighted by atomic mass is 35.5. The lowest BCUT2D eigenvalue weighted by molar-refractivity contribution is 0.420. The lowest BCUT2D eigenvalue weighted by atomic mass is 9.95. The van der Waals surface area contributed by atoms with Crippen LogP contribution in [0, 0.1) is 6.92 Å². The number of aromatic amines is 1. The molecule has 184 valence electrons. The largest absolute Gasteiger partial charge is 0.494 e. The molecule has 9 nitrogen and oxygen atoms in total. The van der Waals surface area contributed by atoms with Gasteiger partial charge in [-0.25, -0.2) is 4.98 Å². The van der Waals surface area contributed by atoms with Gasteiger partial charge in [0.2, 0.25) is 5.95 Å². The number of likely N-dealkylation sites (N-methyl/N-ethyl adjacent to an activating group) is 1. The summed E-state index contributed by atoms with van der Waals surface area (Å²) in [6.45, 7) is 7.18. The molecule has 1 aliphatic rings. The SMILES string of the molecule is COc1c(Cl)c(-c2c(C)ccc3[nH]ncc23)cc2nc(NCCN(C)C)nc(N3CCNCC3)c12. The van der Waals surface area contributed by atoms with Gasteiger partial charge < -0.3 is 25.2 Å². The summed E-state index contributed by atoms with van der Waals surface area (Å²) < 4.78 is 5.93. The van der Waals surface area contributed by atoms with Gasteiger partial charge in [0.05, 0.1) is 34.7 Å². The first-order chi connectivity index (χ1) is 17.0. The summed E-state index contributed by atoms with van der Waals surface area (Å²) >= 11 is 7.07. The van der Waals surface area contributed by atoms with Crippen LogP contribution in [0.2, 0.25) is 5.02 Å². The van der Waals surface area contributed by atoms with E-state index in [1.165, 1.54) is 0 Å². The fourth-order valence-corrected chi connectivity index (χ4v) is 4.97. The van der Waals surface area contributed by atoms with Crippen molar-refractivity contribution in [1.29, 1.82) is 0 Å². The van der Waals surface area contributed by atoms with Crippen molar-refractivity contribution in [2.75, 3.05) is 70.7 Å². The number of methoxy groups -OCH3 is 1. The summed E-state index contributed by atoms with van der Waals surface area (Å²) in [6.07, 6.45) is 1.84. The number of H-pyrrole nitrogens is 1. The van der Waals surface area contributed by atoms with Crippen LogP contribution in [-0.2, 0) is 0 Å². The quantitative estimate of drug-likeness (QED) is 0.359. The Kier molecular flexibility index (Phi) is 6.64. The third-order valence-corrected chi connectivity index (χ3v) is 6.80. The summed E-state index contributed by atoms with van der Waals surface area (Å²) in [5, 5.41) is 16.5. The van der Waals surface area contributed by atoms with Crippen molar-refractivity contribution in [2.24, 2.45) is 0 Å². The maximum atomic E-state index is 7.07. The predicted molar refractivity (Wildman–Crippen MR) is 143 cm³/mol. The van der Waals surface area contributed by atoms with Gasteiger partial charge in [-0.3, -0.25) is 5.10 Å². The average molecular weight is 495 g/mol. The highest BCUT2D eigenvalue weighted by molar-refractivity contribution is 6.37. The number of aryl methyl sites for hydroxylation is 1. The van der Waals surface area contributed by atoms with Crippen LogP contribution in [0.1, 0.15) is 5.56 Å². The van der Waals surface area contributed by atoms with Crippen LogP contribution < -0.4 is 20.3 Å². The van der Waals surface area contributed by atoms with Crippen molar-refractivity contribution in [1.82, 2.24) is 30.4 Å². The molecular formula is C25H31ClN8O. The second-order valence-electron chi connectivity index (χ2n) is 9.09. The molecule has 1 aliphatic heterocycles. The van der Waals surface area contributed by atoms with Crippen molar-refractivity contribution in [3.8, 4) is 16.9 Å². The fraction of sp³-hybridized carbons (Fsp3) is 0.400. The first-order valence-corrected chi connectivity index (χ1v) is 12.2. The zero-order valence-electron chi connectivity index (χ0n) is 20.6. The summed E-state index contributed by atoms with van der Waals surface area (Å²) in [5.74, 6) is 2.03. The number of nitrogens with zero attached hydrogens (tertiary/aromatic N) is 5. The van der Waals surface area contributed by atoms with Crippen LogP contribution >= 0.6 is 11.6 Å². The second-order valence-corrected chi connectivity index (χ2v) is 9.47. The van der Waals surface area contributed by atoms with Crippen molar-refractivity contribution in [3.63, 3.8) is 0 Å². The number of benzene rings is 2. The van der Waals surface area contributed by atoms with Crippen molar-refractivity contribution >= 4 is 45.2 Å². The van der Waals surface area contributed by atoms with Gasteiger partial charge in [-0.15, -0.1) is 0 Å². The Morgan fingerprint density at radius 2 is 2.00 bits per heavy atom. The van der Waals surface area contributed by atoms with Crippen LogP contribution in [0.3, 0.4) is 0 Å². The van der Waals surface area contributed by atoms with Crippen molar-refractivity contribution in [2.45, 2.75) is 6.92 Å². The Morgan fingerprint density at radius 1 is 1.20 bits per heavy atom. The minimum atomic E-state index is 0.546. The van der Waals surface area contributed by atoms with E-state index in [9.17, 15) is 0 Å². The van der Waals surface area contributed by atoms with Gasteiger partial charge in [0.1, 0.15) is 5.82 Å². The molecule has 5 rings (SSSR count). The van der Waals surface area contributed by atoms with Gasteiger partial charge in [-0.05, 0) is 44.3 Å². The molecule has 2 aromatic heterocycles. The summed E-state index contributed by atoms with van der Waals surface area (Å²) in [4.78, 5) is 14.3. The van der Waals surface area contributed by atoms with Crippen LogP contribution in [0.25, 0.3) is 32.9 Å². The van der Waals surface area contributed by atoms with Crippen molar-refractivity contribution in [3.05, 3.63) is 35.0 Å². The third-order valence-electron chi connectivity index (χ3n) is 6.43. The number of piperazine rings is 1. The third kappa shape index (κ3) is 4.47. The molecule has 3 heterocycles. The number of anilines is 2. The first kappa shape index (κ1) is 23.6. The molecule has 4 aromatic rings. The number of ether oxygens (including phenoxy) is 1. The molecule has 1 fully saturated rings. The average Bonchev–Trinajstić information content (AvgIpc) is 3.33. The maximum absolute atomic E-state index is 7.07. The van der Waals surface area contributed by atoms with E-state index >= 15 is 0 Å². The van der Waals surface area contributed by atoms with E-state index in [2.05, 4.69) is 49.7 Å². The smallest absolute Gasteiger partial charge is 0.225 e. The van der Waals surface area contributed by atoms with Gasteiger partial charge >= 0.3 is 0 Å². The summed E-state index contributed by atoms with van der Waals surface area (Å²) in [5.41, 5.74) is 4.73. The molecule has 0 spiro atoms. The Morgan fingerprint density at radius 3 is 2.74 bits per heavy atom. The van der Waals surface area contributed by atoms with Crippen LogP contribution in [0.4, 0.5) is 11.8 Å². The number of fused-ring (bicyclic) bond motifs is 2. The topological polar surface area (TPSA) is 94.2 Å². The van der Waals surface area contributed by atoms with Crippen molar-refractivity contribution < 1.29 is 4.74 Å². The van der Waals surface area contributed by atoms with Gasteiger partial charge in [-0.1, -0.05) is 17.7 Å². The molecule has 0 unspecified atom stereocenters. The van der Waals surface area contributed by atoms with Gasteiger partial charge in [0, 0.05) is 50.2 Å². The van der Waals surface area contributed by atoms with E-state index in [4.69, 9.17) is 26.3 Å². The minimum absolute atomic E-state index is 0.546. The minimum Gasteiger partial charge on any atom is -0.494 e. The number of rotatable bonds is 7. The molecule has 0 bridgehead atoms. The molecule has 0 aliphatic carbocycles. The molecule has 3 N–H and O–H groups in total. The van der Waals surface area contributed by atoms with E-state index in [-0.39, 0.29) is 0 Å². The Labute approximate surface area is 209 Å². The number of aromatic nitrogens is 4. The molecule has 35 heavy (non-hydrogen) atoms. The Hall–Kier alpha value is -3.14. The van der Waals surface area contributed by atoms with Crippen LogP contribution in [0.15, 0.2) is 24.4 Å². The summed E-state index contributed by atoms with van der Waals surface area (Å²) in [6, 6.07) is 6.16. The van der Waals surface area contributed by atoms with Gasteiger partial charge in [0.15, 0.2) is 5.75 Å². The van der Waals surface area contributed by atoms with E-state index in [1.807, 2.05) is 26.4 Å².